The highest BCUT2D eigenvalue weighted by Crippen LogP contribution is 2.26. The largest absolute Gasteiger partial charge is 0.477 e. The van der Waals surface area contributed by atoms with Crippen LogP contribution in [0.15, 0.2) is 22.3 Å². The second kappa shape index (κ2) is 15.5. The average molecular weight is 586 g/mol. The minimum Gasteiger partial charge on any atom is -0.477 e. The van der Waals surface area contributed by atoms with Crippen molar-refractivity contribution in [3.8, 4) is 0 Å². The van der Waals surface area contributed by atoms with Gasteiger partial charge in [-0.2, -0.15) is 0 Å². The topological polar surface area (TPSA) is 89.8 Å². The Morgan fingerprint density at radius 3 is 2.33 bits per heavy atom. The van der Waals surface area contributed by atoms with Crippen molar-refractivity contribution in [3.63, 3.8) is 0 Å². The highest BCUT2D eigenvalue weighted by molar-refractivity contribution is 8.52. The molecule has 5 atom stereocenters. The summed E-state index contributed by atoms with van der Waals surface area (Å²) in [6.07, 6.45) is 8.67. The molecule has 1 saturated carbocycles. The van der Waals surface area contributed by atoms with Crippen molar-refractivity contribution < 1.29 is 23.2 Å². The van der Waals surface area contributed by atoms with Crippen molar-refractivity contribution in [3.05, 3.63) is 12.3 Å². The molecule has 2 aliphatic rings. The first kappa shape index (κ1) is 33.8. The van der Waals surface area contributed by atoms with Crippen molar-refractivity contribution in [1.82, 2.24) is 4.90 Å². The Kier molecular flexibility index (Phi) is 13.4. The Hall–Kier alpha value is -1.44. The van der Waals surface area contributed by atoms with Crippen molar-refractivity contribution in [2.75, 3.05) is 26.3 Å². The van der Waals surface area contributed by atoms with Gasteiger partial charge in [0.15, 0.2) is 5.90 Å². The Bertz CT molecular complexity index is 1010. The maximum atomic E-state index is 13.1. The van der Waals surface area contributed by atoms with Gasteiger partial charge in [0, 0.05) is 41.3 Å². The molecule has 0 spiro atoms. The molecule has 1 aliphatic heterocycles. The summed E-state index contributed by atoms with van der Waals surface area (Å²) in [6.45, 7) is 18.1. The fourth-order valence-electron chi connectivity index (χ4n) is 4.00. The molecule has 1 amide bonds. The molecule has 2 rings (SSSR count). The molecular formula is C29H52N3O5PS. The van der Waals surface area contributed by atoms with Crippen LogP contribution in [0.4, 0.5) is 4.79 Å². The number of rotatable bonds is 11. The summed E-state index contributed by atoms with van der Waals surface area (Å²) >= 11 is 0. The maximum absolute atomic E-state index is 13.1. The van der Waals surface area contributed by atoms with Crippen LogP contribution in [0.3, 0.4) is 0 Å². The second-order valence-corrected chi connectivity index (χ2v) is 16.0. The molecule has 8 nitrogen and oxygen atoms in total. The van der Waals surface area contributed by atoms with Gasteiger partial charge < -0.3 is 19.1 Å². The first-order valence-corrected chi connectivity index (χ1v) is 17.5. The van der Waals surface area contributed by atoms with E-state index < -0.39 is 14.7 Å². The van der Waals surface area contributed by atoms with Gasteiger partial charge >= 0.3 is 6.09 Å². The van der Waals surface area contributed by atoms with Crippen LogP contribution in [0.5, 0.6) is 0 Å². The third kappa shape index (κ3) is 11.9. The highest BCUT2D eigenvalue weighted by atomic mass is 32.7. The minimum absolute atomic E-state index is 0.0207. The Labute approximate surface area is 239 Å². The van der Waals surface area contributed by atoms with Gasteiger partial charge in [0.25, 0.3) is 0 Å². The summed E-state index contributed by atoms with van der Waals surface area (Å²) in [7, 11) is 0.361. The van der Waals surface area contributed by atoms with E-state index in [0.717, 1.165) is 42.0 Å². The molecule has 10 heteroatoms. The first-order valence-electron chi connectivity index (χ1n) is 14.5. The number of hydrogen-bond acceptors (Lipinski definition) is 7. The summed E-state index contributed by atoms with van der Waals surface area (Å²) in [6, 6.07) is -0.0864. The number of amides is 1. The minimum atomic E-state index is -2.18. The third-order valence-corrected chi connectivity index (χ3v) is 10.9. The molecule has 1 heterocycles. The quantitative estimate of drug-likeness (QED) is 0.124. The Morgan fingerprint density at radius 1 is 1.15 bits per heavy atom. The van der Waals surface area contributed by atoms with Gasteiger partial charge in [-0.15, -0.1) is 0 Å². The number of allylic oxidation sites excluding steroid dienone is 1. The molecule has 224 valence electrons. The zero-order chi connectivity index (χ0) is 29.2. The summed E-state index contributed by atoms with van der Waals surface area (Å²) in [5.41, 5.74) is -0.506. The van der Waals surface area contributed by atoms with E-state index in [1.54, 1.807) is 4.90 Å². The van der Waals surface area contributed by atoms with E-state index in [0.29, 0.717) is 44.5 Å². The average Bonchev–Trinajstić information content (AvgIpc) is 3.72. The molecule has 0 aromatic rings. The van der Waals surface area contributed by atoms with Gasteiger partial charge in [-0.3, -0.25) is 9.20 Å². The van der Waals surface area contributed by atoms with E-state index in [2.05, 4.69) is 40.3 Å². The number of likely N-dealkylation sites (tertiary alicyclic amines) is 1. The predicted octanol–water partition coefficient (Wildman–Crippen LogP) is 6.25. The smallest absolute Gasteiger partial charge is 0.410 e. The van der Waals surface area contributed by atoms with Crippen LogP contribution < -0.4 is 0 Å². The number of piperidine rings is 1. The molecule has 0 aromatic carbocycles. The standard InChI is InChI=1S/C29H52N3O5PS/c1-9-21(3)13-16-30-27(36-24-14-17-32(18-15-24)28(33)37-29(6,7)8)22(4)19-35-20-23(5)31-26(10-2)39(34,38)25-11-12-25/h13,16,21-24H,9-12,14-15,17-20,38H2,1-8H3/b16-13-,30-27?,31-26?. The van der Waals surface area contributed by atoms with Crippen molar-refractivity contribution in [2.45, 2.75) is 112 Å². The number of aliphatic imine (C=N–C) groups is 2. The van der Waals surface area contributed by atoms with Gasteiger partial charge in [0.05, 0.1) is 30.2 Å². The number of carbonyl (C=O) groups is 1. The van der Waals surface area contributed by atoms with E-state index in [1.807, 2.05) is 40.8 Å². The van der Waals surface area contributed by atoms with Crippen LogP contribution >= 0.6 is 8.44 Å². The molecule has 0 aromatic heterocycles. The first-order chi connectivity index (χ1) is 18.3. The SMILES string of the molecule is CCC(=NC(C)COCC(C)C(=N/C=C\C(C)CC)OC1CCN(C(=O)OC(C)(C)C)CC1)S(=O)(P)=C1CC1. The van der Waals surface area contributed by atoms with Crippen LogP contribution in [0, 0.1) is 11.8 Å². The zero-order valence-electron chi connectivity index (χ0n) is 25.4. The fraction of sp³-hybridized carbons (Fsp3) is 0.793. The van der Waals surface area contributed by atoms with Gasteiger partial charge in [-0.1, -0.05) is 40.2 Å². The van der Waals surface area contributed by atoms with Crippen LogP contribution in [-0.4, -0.2) is 75.1 Å². The highest BCUT2D eigenvalue weighted by Gasteiger charge is 2.29. The van der Waals surface area contributed by atoms with Crippen molar-refractivity contribution in [1.29, 1.82) is 0 Å². The molecule has 1 aliphatic carbocycles. The Balaban J connectivity index is 1.96. The van der Waals surface area contributed by atoms with Crippen molar-refractivity contribution in [2.24, 2.45) is 21.8 Å². The molecule has 5 unspecified atom stereocenters. The molecule has 1 saturated heterocycles. The lowest BCUT2D eigenvalue weighted by Crippen LogP contribution is -2.44. The summed E-state index contributed by atoms with van der Waals surface area (Å²) in [5.74, 6) is 1.03. The van der Waals surface area contributed by atoms with E-state index in [1.165, 1.54) is 0 Å². The molecule has 0 bridgehead atoms. The number of ether oxygens (including phenoxy) is 3. The lowest BCUT2D eigenvalue weighted by molar-refractivity contribution is 0.0103. The molecule has 39 heavy (non-hydrogen) atoms. The maximum Gasteiger partial charge on any atom is 0.410 e. The number of nitrogens with zero attached hydrogens (tertiary/aromatic N) is 3. The van der Waals surface area contributed by atoms with Crippen LogP contribution in [0.1, 0.15) is 93.9 Å². The monoisotopic (exact) mass is 585 g/mol. The van der Waals surface area contributed by atoms with E-state index in [-0.39, 0.29) is 24.2 Å². The van der Waals surface area contributed by atoms with Crippen LogP contribution in [-0.2, 0) is 23.4 Å². The van der Waals surface area contributed by atoms with Crippen LogP contribution in [0.25, 0.3) is 0 Å². The van der Waals surface area contributed by atoms with Crippen molar-refractivity contribution >= 4 is 39.5 Å². The van der Waals surface area contributed by atoms with Crippen LogP contribution in [0.2, 0.25) is 0 Å². The van der Waals surface area contributed by atoms with Gasteiger partial charge in [-0.05, 0) is 66.2 Å². The van der Waals surface area contributed by atoms with E-state index >= 15 is 0 Å². The number of hydrogen-bond donors (Lipinski definition) is 0. The molecule has 0 N–H and O–H groups in total. The number of carbonyl (C=O) groups excluding carboxylic acids is 1. The van der Waals surface area contributed by atoms with Gasteiger partial charge in [-0.25, -0.2) is 9.79 Å². The third-order valence-electron chi connectivity index (χ3n) is 6.69. The van der Waals surface area contributed by atoms with E-state index in [9.17, 15) is 9.00 Å². The second-order valence-electron chi connectivity index (χ2n) is 11.8. The lowest BCUT2D eigenvalue weighted by Gasteiger charge is -2.34. The fourth-order valence-corrected chi connectivity index (χ4v) is 7.20. The lowest BCUT2D eigenvalue weighted by atomic mass is 10.1. The van der Waals surface area contributed by atoms with E-state index in [4.69, 9.17) is 19.2 Å². The molecule has 0 radical (unpaired) electrons. The summed E-state index contributed by atoms with van der Waals surface area (Å²) in [5, 5.41) is 0.766. The predicted molar refractivity (Wildman–Crippen MR) is 167 cm³/mol. The summed E-state index contributed by atoms with van der Waals surface area (Å²) in [4.78, 5) is 24.7. The van der Waals surface area contributed by atoms with Gasteiger partial charge in [0.1, 0.15) is 11.7 Å². The Morgan fingerprint density at radius 2 is 1.79 bits per heavy atom. The normalized spacial score (nSPS) is 21.5. The summed E-state index contributed by atoms with van der Waals surface area (Å²) < 4.78 is 31.0. The molecule has 2 fully saturated rings. The molecular weight excluding hydrogens is 533 g/mol. The zero-order valence-corrected chi connectivity index (χ0v) is 27.4. The van der Waals surface area contributed by atoms with Gasteiger partial charge in [0.2, 0.25) is 0 Å².